The Hall–Kier alpha value is -0.340. The van der Waals surface area contributed by atoms with Gasteiger partial charge in [0.25, 0.3) is 0 Å². The maximum Gasteiger partial charge on any atom is 0.0685 e. The number of nitrogens with one attached hydrogen (secondary N) is 1. The van der Waals surface area contributed by atoms with Gasteiger partial charge >= 0.3 is 0 Å². The van der Waals surface area contributed by atoms with Crippen LogP contribution in [0.3, 0.4) is 0 Å². The fourth-order valence-corrected chi connectivity index (χ4v) is 0.817. The lowest BCUT2D eigenvalue weighted by molar-refractivity contribution is 0.225. The molecule has 0 aliphatic carbocycles. The Bertz CT molecular complexity index is 98.7. The van der Waals surface area contributed by atoms with Crippen molar-refractivity contribution in [2.45, 2.75) is 0 Å². The first-order valence-corrected chi connectivity index (χ1v) is 2.81. The molecular formula is C6H11NO. The molecule has 46 valence electrons. The van der Waals surface area contributed by atoms with E-state index < -0.39 is 0 Å². The largest absolute Gasteiger partial charge is 0.380 e. The molecule has 0 saturated carbocycles. The van der Waals surface area contributed by atoms with Gasteiger partial charge in [-0.05, 0) is 5.57 Å². The minimum Gasteiger partial charge on any atom is -0.380 e. The number of ether oxygens (including phenoxy) is 1. The zero-order valence-corrected chi connectivity index (χ0v) is 5.11. The molecule has 8 heavy (non-hydrogen) atoms. The van der Waals surface area contributed by atoms with Gasteiger partial charge in [-0.15, -0.1) is 0 Å². The average molecular weight is 113 g/mol. The number of rotatable bonds is 2. The van der Waals surface area contributed by atoms with Gasteiger partial charge < -0.3 is 10.1 Å². The van der Waals surface area contributed by atoms with E-state index in [1.54, 1.807) is 7.11 Å². The molecule has 2 nitrogen and oxygen atoms in total. The predicted octanol–water partition coefficient (Wildman–Crippen LogP) is 0.162. The second-order valence-corrected chi connectivity index (χ2v) is 1.93. The van der Waals surface area contributed by atoms with Crippen LogP contribution in [0.15, 0.2) is 11.6 Å². The van der Waals surface area contributed by atoms with Crippen molar-refractivity contribution in [1.82, 2.24) is 5.32 Å². The third-order valence-corrected chi connectivity index (χ3v) is 1.22. The molecule has 0 amide bonds. The van der Waals surface area contributed by atoms with E-state index in [2.05, 4.69) is 11.4 Å². The van der Waals surface area contributed by atoms with E-state index in [0.717, 1.165) is 19.7 Å². The topological polar surface area (TPSA) is 21.3 Å². The van der Waals surface area contributed by atoms with Crippen LogP contribution in [0.1, 0.15) is 0 Å². The van der Waals surface area contributed by atoms with Crippen molar-refractivity contribution in [1.29, 1.82) is 0 Å². The first kappa shape index (κ1) is 5.79. The van der Waals surface area contributed by atoms with Crippen molar-refractivity contribution in [2.24, 2.45) is 0 Å². The van der Waals surface area contributed by atoms with Crippen LogP contribution in [0.4, 0.5) is 0 Å². The summed E-state index contributed by atoms with van der Waals surface area (Å²) < 4.78 is 4.92. The van der Waals surface area contributed by atoms with E-state index >= 15 is 0 Å². The fraction of sp³-hybridized carbons (Fsp3) is 0.667. The molecule has 0 aromatic rings. The van der Waals surface area contributed by atoms with E-state index in [-0.39, 0.29) is 0 Å². The Morgan fingerprint density at radius 1 is 1.88 bits per heavy atom. The SMILES string of the molecule is COCC1=CCNC1. The average Bonchev–Trinajstić information content (AvgIpc) is 2.19. The van der Waals surface area contributed by atoms with Crippen LogP contribution < -0.4 is 5.32 Å². The van der Waals surface area contributed by atoms with Crippen molar-refractivity contribution in [3.63, 3.8) is 0 Å². The molecule has 1 N–H and O–H groups in total. The molecule has 0 radical (unpaired) electrons. The first-order chi connectivity index (χ1) is 3.93. The lowest BCUT2D eigenvalue weighted by Crippen LogP contribution is -2.09. The van der Waals surface area contributed by atoms with Crippen LogP contribution in [0.2, 0.25) is 0 Å². The molecule has 1 rings (SSSR count). The van der Waals surface area contributed by atoms with Crippen LogP contribution in [0.25, 0.3) is 0 Å². The molecule has 0 unspecified atom stereocenters. The molecule has 0 saturated heterocycles. The van der Waals surface area contributed by atoms with Gasteiger partial charge in [0.05, 0.1) is 6.61 Å². The molecule has 1 aliphatic rings. The Labute approximate surface area is 49.5 Å². The predicted molar refractivity (Wildman–Crippen MR) is 32.8 cm³/mol. The molecule has 0 bridgehead atoms. The summed E-state index contributed by atoms with van der Waals surface area (Å²) in [5.41, 5.74) is 1.37. The first-order valence-electron chi connectivity index (χ1n) is 2.81. The standard InChI is InChI=1S/C6H11NO/c1-8-5-6-2-3-7-4-6/h2,7H,3-5H2,1H3. The highest BCUT2D eigenvalue weighted by molar-refractivity contribution is 5.10. The summed E-state index contributed by atoms with van der Waals surface area (Å²) in [6.07, 6.45) is 2.17. The van der Waals surface area contributed by atoms with Gasteiger partial charge in [0, 0.05) is 20.2 Å². The molecule has 2 heteroatoms. The van der Waals surface area contributed by atoms with E-state index in [9.17, 15) is 0 Å². The Morgan fingerprint density at radius 2 is 2.75 bits per heavy atom. The van der Waals surface area contributed by atoms with E-state index in [1.165, 1.54) is 5.57 Å². The van der Waals surface area contributed by atoms with Gasteiger partial charge in [-0.3, -0.25) is 0 Å². The highest BCUT2D eigenvalue weighted by Gasteiger charge is 2.00. The molecule has 0 spiro atoms. The van der Waals surface area contributed by atoms with Gasteiger partial charge in [-0.2, -0.15) is 0 Å². The summed E-state index contributed by atoms with van der Waals surface area (Å²) in [5, 5.41) is 3.18. The van der Waals surface area contributed by atoms with Crippen LogP contribution in [0.5, 0.6) is 0 Å². The summed E-state index contributed by atoms with van der Waals surface area (Å²) in [6, 6.07) is 0. The normalized spacial score (nSPS) is 18.9. The van der Waals surface area contributed by atoms with Crippen LogP contribution in [-0.2, 0) is 4.74 Å². The van der Waals surface area contributed by atoms with Gasteiger partial charge in [-0.25, -0.2) is 0 Å². The maximum absolute atomic E-state index is 4.92. The molecule has 1 heterocycles. The zero-order chi connectivity index (χ0) is 5.82. The quantitative estimate of drug-likeness (QED) is 0.515. The second-order valence-electron chi connectivity index (χ2n) is 1.93. The highest BCUT2D eigenvalue weighted by atomic mass is 16.5. The number of hydrogen-bond acceptors (Lipinski definition) is 2. The van der Waals surface area contributed by atoms with E-state index in [0.29, 0.717) is 0 Å². The zero-order valence-electron chi connectivity index (χ0n) is 5.11. The summed E-state index contributed by atoms with van der Waals surface area (Å²) in [4.78, 5) is 0. The molecule has 0 fully saturated rings. The molecule has 0 atom stereocenters. The van der Waals surface area contributed by atoms with Gasteiger partial charge in [0.2, 0.25) is 0 Å². The summed E-state index contributed by atoms with van der Waals surface area (Å²) in [7, 11) is 1.72. The van der Waals surface area contributed by atoms with Crippen molar-refractivity contribution in [2.75, 3.05) is 26.8 Å². The highest BCUT2D eigenvalue weighted by Crippen LogP contribution is 1.96. The van der Waals surface area contributed by atoms with Gasteiger partial charge in [0.1, 0.15) is 0 Å². The molecular weight excluding hydrogens is 102 g/mol. The lowest BCUT2D eigenvalue weighted by atomic mass is 10.3. The summed E-state index contributed by atoms with van der Waals surface area (Å²) in [6.45, 7) is 2.81. The van der Waals surface area contributed by atoms with Crippen molar-refractivity contribution >= 4 is 0 Å². The van der Waals surface area contributed by atoms with Crippen LogP contribution >= 0.6 is 0 Å². The third-order valence-electron chi connectivity index (χ3n) is 1.22. The van der Waals surface area contributed by atoms with Crippen LogP contribution in [0, 0.1) is 0 Å². The molecule has 1 aliphatic heterocycles. The summed E-state index contributed by atoms with van der Waals surface area (Å²) in [5.74, 6) is 0. The van der Waals surface area contributed by atoms with E-state index in [1.807, 2.05) is 0 Å². The van der Waals surface area contributed by atoms with Gasteiger partial charge in [0.15, 0.2) is 0 Å². The monoisotopic (exact) mass is 113 g/mol. The van der Waals surface area contributed by atoms with Crippen molar-refractivity contribution < 1.29 is 4.74 Å². The number of methoxy groups -OCH3 is 1. The second kappa shape index (κ2) is 2.84. The van der Waals surface area contributed by atoms with Gasteiger partial charge in [-0.1, -0.05) is 6.08 Å². The third kappa shape index (κ3) is 1.32. The van der Waals surface area contributed by atoms with Crippen molar-refractivity contribution in [3.8, 4) is 0 Å². The number of hydrogen-bond donors (Lipinski definition) is 1. The Morgan fingerprint density at radius 3 is 3.25 bits per heavy atom. The minimum atomic E-state index is 0.785. The van der Waals surface area contributed by atoms with Crippen molar-refractivity contribution in [3.05, 3.63) is 11.6 Å². The smallest absolute Gasteiger partial charge is 0.0685 e. The lowest BCUT2D eigenvalue weighted by Gasteiger charge is -1.95. The van der Waals surface area contributed by atoms with E-state index in [4.69, 9.17) is 4.74 Å². The minimum absolute atomic E-state index is 0.785. The Balaban J connectivity index is 2.23. The Kier molecular flexibility index (Phi) is 2.06. The summed E-state index contributed by atoms with van der Waals surface area (Å²) >= 11 is 0. The molecule has 0 aromatic heterocycles. The molecule has 0 aromatic carbocycles. The maximum atomic E-state index is 4.92. The fourth-order valence-electron chi connectivity index (χ4n) is 0.817. The van der Waals surface area contributed by atoms with Crippen LogP contribution in [-0.4, -0.2) is 26.8 Å².